The van der Waals surface area contributed by atoms with Crippen LogP contribution in [0.15, 0.2) is 6.07 Å². The Balaban J connectivity index is 2.59. The van der Waals surface area contributed by atoms with Gasteiger partial charge in [-0.25, -0.2) is 13.2 Å². The summed E-state index contributed by atoms with van der Waals surface area (Å²) in [4.78, 5) is 0. The third-order valence-electron chi connectivity index (χ3n) is 3.41. The molecule has 0 aliphatic heterocycles. The first-order valence-electron chi connectivity index (χ1n) is 5.62. The number of alkyl halides is 1. The minimum Gasteiger partial charge on any atom is -0.207 e. The molecule has 0 nitrogen and oxygen atoms in total. The number of hydrogen-bond donors (Lipinski definition) is 0. The van der Waals surface area contributed by atoms with E-state index in [0.29, 0.717) is 25.3 Å². The Kier molecular flexibility index (Phi) is 3.15. The van der Waals surface area contributed by atoms with Gasteiger partial charge in [0.2, 0.25) is 0 Å². The average molecular weight is 263 g/mol. The van der Waals surface area contributed by atoms with E-state index in [1.165, 1.54) is 0 Å². The fourth-order valence-electron chi connectivity index (χ4n) is 2.38. The molecule has 4 heteroatoms. The first-order valence-corrected chi connectivity index (χ1v) is 6.06. The van der Waals surface area contributed by atoms with Crippen LogP contribution < -0.4 is 0 Å². The Hall–Kier alpha value is -0.700. The molecule has 1 aromatic rings. The van der Waals surface area contributed by atoms with Crippen LogP contribution in [0.3, 0.4) is 0 Å². The second kappa shape index (κ2) is 4.20. The summed E-state index contributed by atoms with van der Waals surface area (Å²) in [5, 5.41) is -0.673. The first-order chi connectivity index (χ1) is 7.82. The third-order valence-corrected chi connectivity index (χ3v) is 3.78. The van der Waals surface area contributed by atoms with Crippen molar-refractivity contribution in [3.63, 3.8) is 0 Å². The number of benzene rings is 1. The lowest BCUT2D eigenvalue weighted by atomic mass is 9.84. The summed E-state index contributed by atoms with van der Waals surface area (Å²) in [5.74, 6) is -2.85. The zero-order valence-corrected chi connectivity index (χ0v) is 10.5. The molecule has 0 spiro atoms. The predicted octanol–water partition coefficient (Wildman–Crippen LogP) is 4.75. The highest BCUT2D eigenvalue weighted by molar-refractivity contribution is 6.21. The smallest absolute Gasteiger partial charge is 0.163 e. The number of fused-ring (bicyclic) bond motifs is 1. The van der Waals surface area contributed by atoms with E-state index in [1.807, 2.05) is 13.8 Å². The van der Waals surface area contributed by atoms with E-state index in [0.717, 1.165) is 0 Å². The molecule has 0 fully saturated rings. The minimum absolute atomic E-state index is 0.00902. The molecule has 1 aliphatic rings. The topological polar surface area (TPSA) is 0 Å². The van der Waals surface area contributed by atoms with Crippen molar-refractivity contribution < 1.29 is 13.2 Å². The monoisotopic (exact) mass is 262 g/mol. The zero-order valence-electron chi connectivity index (χ0n) is 9.79. The van der Waals surface area contributed by atoms with Gasteiger partial charge in [0.25, 0.3) is 0 Å². The maximum Gasteiger partial charge on any atom is 0.163 e. The quantitative estimate of drug-likeness (QED) is 0.360. The van der Waals surface area contributed by atoms with Gasteiger partial charge >= 0.3 is 0 Å². The fourth-order valence-corrected chi connectivity index (χ4v) is 3.03. The Morgan fingerprint density at radius 1 is 1.24 bits per heavy atom. The minimum atomic E-state index is -1.16. The highest BCUT2D eigenvalue weighted by Gasteiger charge is 2.33. The second-order valence-corrected chi connectivity index (χ2v) is 5.91. The van der Waals surface area contributed by atoms with Crippen LogP contribution in [-0.2, 0) is 6.42 Å². The average Bonchev–Trinajstić information content (AvgIpc) is 2.31. The van der Waals surface area contributed by atoms with Crippen LogP contribution in [0.5, 0.6) is 0 Å². The second-order valence-electron chi connectivity index (χ2n) is 5.38. The van der Waals surface area contributed by atoms with Crippen molar-refractivity contribution in [2.45, 2.75) is 38.5 Å². The molecule has 0 radical (unpaired) electrons. The largest absolute Gasteiger partial charge is 0.207 e. The Labute approximate surface area is 104 Å². The third kappa shape index (κ3) is 2.30. The summed E-state index contributed by atoms with van der Waals surface area (Å²) in [6.45, 7) is 4.00. The fraction of sp³-hybridized carbons (Fsp3) is 0.538. The van der Waals surface area contributed by atoms with Gasteiger partial charge in [-0.3, -0.25) is 0 Å². The van der Waals surface area contributed by atoms with Crippen LogP contribution in [0.2, 0.25) is 0 Å². The van der Waals surface area contributed by atoms with E-state index in [4.69, 9.17) is 11.6 Å². The van der Waals surface area contributed by atoms with E-state index >= 15 is 0 Å². The molecule has 0 N–H and O–H groups in total. The lowest BCUT2D eigenvalue weighted by molar-refractivity contribution is 0.312. The number of hydrogen-bond acceptors (Lipinski definition) is 0. The molecule has 1 atom stereocenters. The Morgan fingerprint density at radius 2 is 1.88 bits per heavy atom. The van der Waals surface area contributed by atoms with Crippen LogP contribution in [0.4, 0.5) is 13.2 Å². The zero-order chi connectivity index (χ0) is 12.8. The van der Waals surface area contributed by atoms with Crippen molar-refractivity contribution in [1.82, 2.24) is 0 Å². The summed E-state index contributed by atoms with van der Waals surface area (Å²) in [5.41, 5.74) is 0.144. The van der Waals surface area contributed by atoms with Gasteiger partial charge in [-0.2, -0.15) is 0 Å². The van der Waals surface area contributed by atoms with E-state index in [-0.39, 0.29) is 16.5 Å². The normalized spacial score (nSPS) is 23.1. The van der Waals surface area contributed by atoms with Gasteiger partial charge < -0.3 is 0 Å². The van der Waals surface area contributed by atoms with Gasteiger partial charge in [-0.15, -0.1) is 11.6 Å². The number of halogens is 4. The lowest BCUT2D eigenvalue weighted by Crippen LogP contribution is -2.12. The predicted molar refractivity (Wildman–Crippen MR) is 61.6 cm³/mol. The van der Waals surface area contributed by atoms with Crippen molar-refractivity contribution in [3.05, 3.63) is 34.6 Å². The summed E-state index contributed by atoms with van der Waals surface area (Å²) in [6.07, 6.45) is 1.63. The standard InChI is InChI=1S/C13H14ClF3/c1-13(2)4-3-7-9(15)5-10(16)12(17)11(7)8(14)6-13/h5,8H,3-4,6H2,1-2H3. The van der Waals surface area contributed by atoms with Gasteiger partial charge in [0.05, 0.1) is 5.38 Å². The molecule has 94 valence electrons. The molecule has 0 amide bonds. The molecule has 0 saturated carbocycles. The molecular weight excluding hydrogens is 249 g/mol. The lowest BCUT2D eigenvalue weighted by Gasteiger charge is -2.23. The number of rotatable bonds is 0. The molecule has 0 saturated heterocycles. The van der Waals surface area contributed by atoms with Crippen molar-refractivity contribution in [1.29, 1.82) is 0 Å². The highest BCUT2D eigenvalue weighted by atomic mass is 35.5. The summed E-state index contributed by atoms with van der Waals surface area (Å²) in [7, 11) is 0. The van der Waals surface area contributed by atoms with Gasteiger partial charge in [0, 0.05) is 11.6 Å². The molecule has 2 rings (SSSR count). The van der Waals surface area contributed by atoms with Gasteiger partial charge in [-0.05, 0) is 30.2 Å². The molecule has 1 aromatic carbocycles. The molecule has 0 bridgehead atoms. The van der Waals surface area contributed by atoms with Crippen molar-refractivity contribution >= 4 is 11.6 Å². The van der Waals surface area contributed by atoms with E-state index in [2.05, 4.69) is 0 Å². The van der Waals surface area contributed by atoms with Gasteiger partial charge in [0.1, 0.15) is 5.82 Å². The van der Waals surface area contributed by atoms with E-state index in [9.17, 15) is 13.2 Å². The molecule has 0 heterocycles. The maximum atomic E-state index is 13.7. The van der Waals surface area contributed by atoms with Crippen LogP contribution in [0.25, 0.3) is 0 Å². The first kappa shape index (κ1) is 12.7. The highest BCUT2D eigenvalue weighted by Crippen LogP contribution is 2.44. The van der Waals surface area contributed by atoms with Crippen LogP contribution in [0, 0.1) is 22.9 Å². The maximum absolute atomic E-state index is 13.7. The summed E-state index contributed by atoms with van der Waals surface area (Å²) >= 11 is 6.11. The van der Waals surface area contributed by atoms with Gasteiger partial charge in [-0.1, -0.05) is 13.8 Å². The van der Waals surface area contributed by atoms with Crippen molar-refractivity contribution in [2.75, 3.05) is 0 Å². The molecule has 1 unspecified atom stereocenters. The van der Waals surface area contributed by atoms with Crippen molar-refractivity contribution in [2.24, 2.45) is 5.41 Å². The van der Waals surface area contributed by atoms with Crippen LogP contribution >= 0.6 is 11.6 Å². The van der Waals surface area contributed by atoms with Crippen molar-refractivity contribution in [3.8, 4) is 0 Å². The molecule has 0 aromatic heterocycles. The molecule has 1 aliphatic carbocycles. The van der Waals surface area contributed by atoms with E-state index < -0.39 is 22.8 Å². The Morgan fingerprint density at radius 3 is 2.53 bits per heavy atom. The summed E-state index contributed by atoms with van der Waals surface area (Å²) < 4.78 is 40.6. The Bertz CT molecular complexity index is 454. The van der Waals surface area contributed by atoms with Crippen LogP contribution in [0.1, 0.15) is 43.2 Å². The van der Waals surface area contributed by atoms with Crippen LogP contribution in [-0.4, -0.2) is 0 Å². The molecule has 17 heavy (non-hydrogen) atoms. The summed E-state index contributed by atoms with van der Waals surface area (Å²) in [6, 6.07) is 0.607. The van der Waals surface area contributed by atoms with E-state index in [1.54, 1.807) is 0 Å². The molecular formula is C13H14ClF3. The van der Waals surface area contributed by atoms with Gasteiger partial charge in [0.15, 0.2) is 11.6 Å². The SMILES string of the molecule is CC1(C)CCc2c(F)cc(F)c(F)c2C(Cl)C1.